The van der Waals surface area contributed by atoms with Crippen LogP contribution in [0.3, 0.4) is 0 Å². The summed E-state index contributed by atoms with van der Waals surface area (Å²) >= 11 is 0. The maximum atomic E-state index is 11.9. The van der Waals surface area contributed by atoms with Gasteiger partial charge in [-0.15, -0.1) is 0 Å². The van der Waals surface area contributed by atoms with Crippen LogP contribution >= 0.6 is 0 Å². The molecule has 4 rings (SSSR count). The van der Waals surface area contributed by atoms with E-state index in [0.717, 1.165) is 55.9 Å². The highest BCUT2D eigenvalue weighted by Gasteiger charge is 2.30. The van der Waals surface area contributed by atoms with Crippen molar-refractivity contribution >= 4 is 11.8 Å². The van der Waals surface area contributed by atoms with Gasteiger partial charge < -0.3 is 11.5 Å². The van der Waals surface area contributed by atoms with Gasteiger partial charge in [-0.05, 0) is 50.5 Å². The molecule has 0 radical (unpaired) electrons. The number of halogens is 2. The molecule has 0 bridgehead atoms. The van der Waals surface area contributed by atoms with E-state index < -0.39 is 11.6 Å². The molecule has 0 spiro atoms. The third-order valence-corrected chi connectivity index (χ3v) is 4.95. The van der Waals surface area contributed by atoms with Gasteiger partial charge in [-0.3, -0.25) is 4.90 Å². The van der Waals surface area contributed by atoms with Crippen LogP contribution in [0.5, 0.6) is 0 Å². The second kappa shape index (κ2) is 9.16. The second-order valence-corrected chi connectivity index (χ2v) is 7.32. The van der Waals surface area contributed by atoms with E-state index in [4.69, 9.17) is 11.5 Å². The molecule has 6 nitrogen and oxygen atoms in total. The number of aromatic nitrogens is 2. The van der Waals surface area contributed by atoms with Gasteiger partial charge in [0.1, 0.15) is 11.6 Å². The minimum Gasteiger partial charge on any atom is -0.387 e. The number of amidine groups is 1. The van der Waals surface area contributed by atoms with Gasteiger partial charge in [0.05, 0.1) is 11.5 Å². The number of hydrogen-bond donors (Lipinski definition) is 2. The van der Waals surface area contributed by atoms with Crippen molar-refractivity contribution in [2.75, 3.05) is 0 Å². The van der Waals surface area contributed by atoms with Crippen LogP contribution in [0.25, 0.3) is 0 Å². The summed E-state index contributed by atoms with van der Waals surface area (Å²) in [6, 6.07) is 5.25. The average Bonchev–Trinajstić information content (AvgIpc) is 3.08. The Balaban J connectivity index is 0.000000236. The van der Waals surface area contributed by atoms with Gasteiger partial charge >= 0.3 is 0 Å². The zero-order chi connectivity index (χ0) is 20.1. The van der Waals surface area contributed by atoms with Crippen LogP contribution in [0, 0.1) is 11.6 Å². The van der Waals surface area contributed by atoms with Crippen molar-refractivity contribution < 1.29 is 8.78 Å². The molecule has 1 aliphatic heterocycles. The minimum absolute atomic E-state index is 0.351. The van der Waals surface area contributed by atoms with Crippen molar-refractivity contribution in [2.24, 2.45) is 16.5 Å². The smallest absolute Gasteiger partial charge is 0.251 e. The summed E-state index contributed by atoms with van der Waals surface area (Å²) in [7, 11) is 0. The Labute approximate surface area is 163 Å². The summed E-state index contributed by atoms with van der Waals surface area (Å²) in [4.78, 5) is 15.4. The predicted octanol–water partition coefficient (Wildman–Crippen LogP) is 3.04. The van der Waals surface area contributed by atoms with Crippen LogP contribution < -0.4 is 11.5 Å². The SMILES string of the molecule is C/C(N)=N/c1ncc2c(n1)CN(C1CCCC(N)C1)C2.Fc1ccc(F)cc1. The van der Waals surface area contributed by atoms with Crippen molar-refractivity contribution in [3.63, 3.8) is 0 Å². The number of aliphatic imine (C=N–C) groups is 1. The fourth-order valence-electron chi connectivity index (χ4n) is 3.60. The quantitative estimate of drug-likeness (QED) is 0.609. The van der Waals surface area contributed by atoms with Gasteiger partial charge in [0, 0.05) is 36.9 Å². The molecule has 4 N–H and O–H groups in total. The van der Waals surface area contributed by atoms with E-state index in [1.54, 1.807) is 6.92 Å². The number of fused-ring (bicyclic) bond motifs is 1. The lowest BCUT2D eigenvalue weighted by Gasteiger charge is -2.33. The predicted molar refractivity (Wildman–Crippen MR) is 105 cm³/mol. The lowest BCUT2D eigenvalue weighted by molar-refractivity contribution is 0.146. The number of nitrogens with zero attached hydrogens (tertiary/aromatic N) is 4. The fraction of sp³-hybridized carbons (Fsp3) is 0.450. The van der Waals surface area contributed by atoms with Crippen molar-refractivity contribution in [2.45, 2.75) is 57.8 Å². The van der Waals surface area contributed by atoms with Gasteiger partial charge in [-0.1, -0.05) is 6.42 Å². The number of rotatable bonds is 2. The van der Waals surface area contributed by atoms with Crippen molar-refractivity contribution in [3.8, 4) is 0 Å². The van der Waals surface area contributed by atoms with Crippen LogP contribution in [0.4, 0.5) is 14.7 Å². The Morgan fingerprint density at radius 3 is 2.43 bits per heavy atom. The summed E-state index contributed by atoms with van der Waals surface area (Å²) < 4.78 is 23.8. The molecule has 2 aliphatic rings. The maximum absolute atomic E-state index is 11.9. The van der Waals surface area contributed by atoms with Crippen LogP contribution in [0.15, 0.2) is 35.5 Å². The first-order chi connectivity index (χ1) is 13.4. The molecule has 1 fully saturated rings. The number of benzene rings is 1. The molecule has 0 saturated heterocycles. The van der Waals surface area contributed by atoms with Gasteiger partial charge in [-0.25, -0.2) is 18.7 Å². The van der Waals surface area contributed by atoms with E-state index in [9.17, 15) is 8.78 Å². The van der Waals surface area contributed by atoms with Crippen molar-refractivity contribution in [3.05, 3.63) is 53.4 Å². The second-order valence-electron chi connectivity index (χ2n) is 7.32. The largest absolute Gasteiger partial charge is 0.387 e. The summed E-state index contributed by atoms with van der Waals surface area (Å²) in [5.41, 5.74) is 14.0. The molecule has 1 aliphatic carbocycles. The van der Waals surface area contributed by atoms with E-state index in [1.165, 1.54) is 18.4 Å². The average molecular weight is 388 g/mol. The van der Waals surface area contributed by atoms with Crippen molar-refractivity contribution in [1.29, 1.82) is 0 Å². The molecule has 0 amide bonds. The topological polar surface area (TPSA) is 93.4 Å². The van der Waals surface area contributed by atoms with Gasteiger partial charge in [0.25, 0.3) is 5.95 Å². The molecular weight excluding hydrogens is 362 g/mol. The first-order valence-corrected chi connectivity index (χ1v) is 9.47. The van der Waals surface area contributed by atoms with Crippen molar-refractivity contribution in [1.82, 2.24) is 14.9 Å². The minimum atomic E-state index is -0.411. The number of nitrogens with two attached hydrogens (primary N) is 2. The zero-order valence-corrected chi connectivity index (χ0v) is 16.0. The van der Waals surface area contributed by atoms with Crippen LogP contribution in [0.2, 0.25) is 0 Å². The van der Waals surface area contributed by atoms with E-state index in [1.807, 2.05) is 6.20 Å². The molecule has 2 aromatic rings. The lowest BCUT2D eigenvalue weighted by atomic mass is 9.91. The summed E-state index contributed by atoms with van der Waals surface area (Å²) in [6.45, 7) is 3.55. The zero-order valence-electron chi connectivity index (χ0n) is 16.0. The molecular formula is C20H26F2N6. The highest BCUT2D eigenvalue weighted by Crippen LogP contribution is 2.30. The normalized spacial score (nSPS) is 22.4. The Kier molecular flexibility index (Phi) is 6.64. The van der Waals surface area contributed by atoms with E-state index in [-0.39, 0.29) is 0 Å². The lowest BCUT2D eigenvalue weighted by Crippen LogP contribution is -2.40. The Morgan fingerprint density at radius 1 is 1.14 bits per heavy atom. The Hall–Kier alpha value is -2.45. The molecule has 2 unspecified atom stereocenters. The maximum Gasteiger partial charge on any atom is 0.251 e. The molecule has 1 aromatic carbocycles. The van der Waals surface area contributed by atoms with Crippen LogP contribution in [-0.2, 0) is 13.1 Å². The van der Waals surface area contributed by atoms with E-state index >= 15 is 0 Å². The van der Waals surface area contributed by atoms with Gasteiger partial charge in [0.2, 0.25) is 0 Å². The fourth-order valence-corrected chi connectivity index (χ4v) is 3.60. The molecule has 28 heavy (non-hydrogen) atoms. The third-order valence-electron chi connectivity index (χ3n) is 4.95. The summed E-state index contributed by atoms with van der Waals surface area (Å²) in [6.07, 6.45) is 6.60. The Bertz CT molecular complexity index is 799. The first kappa shape index (κ1) is 20.3. The summed E-state index contributed by atoms with van der Waals surface area (Å²) in [5.74, 6) is 0.127. The van der Waals surface area contributed by atoms with Gasteiger partial charge in [0.15, 0.2) is 0 Å². The molecule has 8 heteroatoms. The number of hydrogen-bond acceptors (Lipinski definition) is 5. The monoisotopic (exact) mass is 388 g/mol. The standard InChI is InChI=1S/C14H22N6.C6H4F2/c1-9(15)18-14-17-6-10-7-20(8-13(10)19-14)12-4-2-3-11(16)5-12;7-5-1-2-6(8)4-3-5/h6,11-12H,2-5,7-8,16H2,1H3,(H2,15,17,18,19);1-4H. The molecule has 2 heterocycles. The highest BCUT2D eigenvalue weighted by molar-refractivity contribution is 5.79. The van der Waals surface area contributed by atoms with Crippen LogP contribution in [0.1, 0.15) is 43.9 Å². The molecule has 150 valence electrons. The summed E-state index contributed by atoms with van der Waals surface area (Å²) in [5, 5.41) is 0. The van der Waals surface area contributed by atoms with E-state index in [2.05, 4.69) is 19.9 Å². The highest BCUT2D eigenvalue weighted by atomic mass is 19.1. The molecule has 1 saturated carbocycles. The first-order valence-electron chi connectivity index (χ1n) is 9.47. The van der Waals surface area contributed by atoms with Gasteiger partial charge in [-0.2, -0.15) is 4.99 Å². The molecule has 2 atom stereocenters. The Morgan fingerprint density at radius 2 is 1.82 bits per heavy atom. The van der Waals surface area contributed by atoms with E-state index in [0.29, 0.717) is 23.9 Å². The third kappa shape index (κ3) is 5.53. The molecule has 1 aromatic heterocycles. The van der Waals surface area contributed by atoms with Crippen LogP contribution in [-0.4, -0.2) is 32.8 Å².